The molecule has 2 aromatic carbocycles. The van der Waals surface area contributed by atoms with Gasteiger partial charge in [-0.05, 0) is 77.5 Å². The molecule has 0 bridgehead atoms. The number of rotatable bonds is 10. The highest BCUT2D eigenvalue weighted by Crippen LogP contribution is 2.37. The van der Waals surface area contributed by atoms with Crippen LogP contribution in [0.25, 0.3) is 0 Å². The number of aryl methyl sites for hydroxylation is 3. The molecule has 0 spiro atoms. The second kappa shape index (κ2) is 12.3. The molecule has 0 heterocycles. The quantitative estimate of drug-likeness (QED) is 0.413. The van der Waals surface area contributed by atoms with Gasteiger partial charge in [-0.25, -0.2) is 4.79 Å². The molecule has 0 saturated heterocycles. The largest absolute Gasteiger partial charge is 0.444 e. The van der Waals surface area contributed by atoms with Gasteiger partial charge in [0.2, 0.25) is 11.8 Å². The van der Waals surface area contributed by atoms with Crippen molar-refractivity contribution < 1.29 is 23.9 Å². The van der Waals surface area contributed by atoms with Crippen LogP contribution < -0.4 is 16.4 Å². The van der Waals surface area contributed by atoms with Gasteiger partial charge in [0.25, 0.3) is 5.91 Å². The summed E-state index contributed by atoms with van der Waals surface area (Å²) >= 11 is 0. The molecule has 9 heteroatoms. The molecule has 0 aromatic heterocycles. The molecule has 2 atom stereocenters. The molecular weight excluding hydrogens is 496 g/mol. The van der Waals surface area contributed by atoms with Crippen LogP contribution in [0.4, 0.5) is 10.5 Å². The highest BCUT2D eigenvalue weighted by Gasteiger charge is 2.44. The average molecular weight is 537 g/mol. The third-order valence-corrected chi connectivity index (χ3v) is 6.48. The van der Waals surface area contributed by atoms with Crippen LogP contribution in [0, 0.1) is 20.8 Å². The Morgan fingerprint density at radius 1 is 1.03 bits per heavy atom. The monoisotopic (exact) mass is 536 g/mol. The molecule has 0 radical (unpaired) electrons. The zero-order valence-corrected chi connectivity index (χ0v) is 23.7. The molecule has 1 fully saturated rings. The number of para-hydroxylation sites is 1. The summed E-state index contributed by atoms with van der Waals surface area (Å²) in [6, 6.07) is 11.0. The Bertz CT molecular complexity index is 1210. The summed E-state index contributed by atoms with van der Waals surface area (Å²) < 4.78 is 5.38. The first kappa shape index (κ1) is 29.7. The van der Waals surface area contributed by atoms with Crippen LogP contribution in [0.1, 0.15) is 74.8 Å². The van der Waals surface area contributed by atoms with E-state index in [4.69, 9.17) is 10.5 Å². The number of hydrogen-bond donors (Lipinski definition) is 3. The van der Waals surface area contributed by atoms with Crippen LogP contribution >= 0.6 is 0 Å². The van der Waals surface area contributed by atoms with Gasteiger partial charge in [0, 0.05) is 18.2 Å². The van der Waals surface area contributed by atoms with E-state index in [1.54, 1.807) is 25.7 Å². The molecule has 2 unspecified atom stereocenters. The normalized spacial score (nSPS) is 14.6. The lowest BCUT2D eigenvalue weighted by Gasteiger charge is -2.35. The Labute approximate surface area is 230 Å². The second-order valence-corrected chi connectivity index (χ2v) is 11.3. The minimum absolute atomic E-state index is 0.0182. The first-order valence-electron chi connectivity index (χ1n) is 13.3. The Morgan fingerprint density at radius 2 is 1.64 bits per heavy atom. The Kier molecular flexibility index (Phi) is 9.37. The molecule has 1 aliphatic rings. The summed E-state index contributed by atoms with van der Waals surface area (Å²) in [5.74, 6) is -1.42. The van der Waals surface area contributed by atoms with Crippen LogP contribution in [0.15, 0.2) is 42.5 Å². The molecule has 4 N–H and O–H groups in total. The van der Waals surface area contributed by atoms with Crippen LogP contribution in [0.2, 0.25) is 0 Å². The van der Waals surface area contributed by atoms with E-state index in [9.17, 15) is 19.2 Å². The Hall–Kier alpha value is -3.88. The van der Waals surface area contributed by atoms with Crippen LogP contribution in [-0.4, -0.2) is 46.4 Å². The summed E-state index contributed by atoms with van der Waals surface area (Å²) in [5, 5.41) is 5.68. The zero-order valence-electron chi connectivity index (χ0n) is 23.7. The van der Waals surface area contributed by atoms with Crippen molar-refractivity contribution in [3.05, 3.63) is 64.7 Å². The number of carbonyl (C=O) groups excluding carboxylic acids is 4. The number of hydrogen-bond acceptors (Lipinski definition) is 5. The highest BCUT2D eigenvalue weighted by molar-refractivity contribution is 6.00. The average Bonchev–Trinajstić information content (AvgIpc) is 3.66. The van der Waals surface area contributed by atoms with Crippen LogP contribution in [0.3, 0.4) is 0 Å². The first-order valence-corrected chi connectivity index (χ1v) is 13.3. The first-order chi connectivity index (χ1) is 18.3. The lowest BCUT2D eigenvalue weighted by atomic mass is 9.99. The third-order valence-electron chi connectivity index (χ3n) is 6.48. The second-order valence-electron chi connectivity index (χ2n) is 11.3. The number of nitrogens with one attached hydrogen (secondary N) is 2. The maximum absolute atomic E-state index is 14.2. The van der Waals surface area contributed by atoms with Gasteiger partial charge in [-0.15, -0.1) is 0 Å². The van der Waals surface area contributed by atoms with E-state index in [0.717, 1.165) is 29.5 Å². The zero-order chi connectivity index (χ0) is 28.9. The van der Waals surface area contributed by atoms with E-state index in [2.05, 4.69) is 10.6 Å². The number of primary amides is 1. The van der Waals surface area contributed by atoms with Crippen molar-refractivity contribution in [1.29, 1.82) is 0 Å². The maximum Gasteiger partial charge on any atom is 0.408 e. The van der Waals surface area contributed by atoms with Gasteiger partial charge < -0.3 is 26.0 Å². The Balaban J connectivity index is 2.02. The van der Waals surface area contributed by atoms with E-state index >= 15 is 0 Å². The van der Waals surface area contributed by atoms with E-state index in [-0.39, 0.29) is 24.8 Å². The lowest BCUT2D eigenvalue weighted by Crippen LogP contribution is -2.53. The topological polar surface area (TPSA) is 131 Å². The van der Waals surface area contributed by atoms with E-state index in [1.165, 1.54) is 0 Å². The predicted octanol–water partition coefficient (Wildman–Crippen LogP) is 4.44. The SMILES string of the molecule is Cc1cccc(C(C(=O)Nc2c(C)cccc2C)N(C(=O)C(CCC(N)=O)NC(=O)OC(C)(C)C)C2CC2)c1. The minimum atomic E-state index is -1.10. The molecule has 39 heavy (non-hydrogen) atoms. The van der Waals surface area contributed by atoms with E-state index < -0.39 is 35.6 Å². The molecule has 1 aliphatic carbocycles. The van der Waals surface area contributed by atoms with E-state index in [1.807, 2.05) is 63.2 Å². The fourth-order valence-corrected chi connectivity index (χ4v) is 4.53. The lowest BCUT2D eigenvalue weighted by molar-refractivity contribution is -0.141. The molecule has 9 nitrogen and oxygen atoms in total. The van der Waals surface area contributed by atoms with Gasteiger partial charge in [-0.2, -0.15) is 0 Å². The Morgan fingerprint density at radius 3 is 2.18 bits per heavy atom. The molecule has 210 valence electrons. The van der Waals surface area contributed by atoms with Crippen molar-refractivity contribution in [1.82, 2.24) is 10.2 Å². The molecule has 4 amide bonds. The molecular formula is C30H40N4O5. The molecule has 1 saturated carbocycles. The molecule has 0 aliphatic heterocycles. The van der Waals surface area contributed by atoms with Gasteiger partial charge in [0.1, 0.15) is 17.7 Å². The van der Waals surface area contributed by atoms with Gasteiger partial charge in [0.15, 0.2) is 0 Å². The summed E-state index contributed by atoms with van der Waals surface area (Å²) in [6.07, 6.45) is 0.525. The van der Waals surface area contributed by atoms with Crippen molar-refractivity contribution in [2.45, 2.75) is 91.0 Å². The summed E-state index contributed by atoms with van der Waals surface area (Å²) in [7, 11) is 0. The minimum Gasteiger partial charge on any atom is -0.444 e. The maximum atomic E-state index is 14.2. The van der Waals surface area contributed by atoms with Gasteiger partial charge >= 0.3 is 6.09 Å². The van der Waals surface area contributed by atoms with Gasteiger partial charge in [-0.1, -0.05) is 48.0 Å². The number of anilines is 1. The number of alkyl carbamates (subject to hydrolysis) is 1. The number of carbonyl (C=O) groups is 4. The highest BCUT2D eigenvalue weighted by atomic mass is 16.6. The molecule has 2 aromatic rings. The smallest absolute Gasteiger partial charge is 0.408 e. The number of nitrogens with zero attached hydrogens (tertiary/aromatic N) is 1. The van der Waals surface area contributed by atoms with Gasteiger partial charge in [0.05, 0.1) is 0 Å². The van der Waals surface area contributed by atoms with Crippen molar-refractivity contribution in [3.8, 4) is 0 Å². The summed E-state index contributed by atoms with van der Waals surface area (Å²) in [6.45, 7) is 10.9. The van der Waals surface area contributed by atoms with Crippen LogP contribution in [0.5, 0.6) is 0 Å². The van der Waals surface area contributed by atoms with E-state index in [0.29, 0.717) is 11.3 Å². The standard InChI is InChI=1S/C30H40N4O5/c1-18-9-7-12-21(17-18)26(27(36)33-25-19(2)10-8-11-20(25)3)34(22-13-14-22)28(37)23(15-16-24(31)35)32-29(38)39-30(4,5)6/h7-12,17,22-23,26H,13-16H2,1-6H3,(H2,31,35)(H,32,38)(H,33,36). The predicted molar refractivity (Wildman–Crippen MR) is 150 cm³/mol. The number of nitrogens with two attached hydrogens (primary N) is 1. The van der Waals surface area contributed by atoms with Crippen molar-refractivity contribution >= 4 is 29.5 Å². The third kappa shape index (κ3) is 8.30. The fraction of sp³-hybridized carbons (Fsp3) is 0.467. The van der Waals surface area contributed by atoms with Crippen LogP contribution in [-0.2, 0) is 19.1 Å². The summed E-state index contributed by atoms with van der Waals surface area (Å²) in [5.41, 5.74) is 8.70. The summed E-state index contributed by atoms with van der Waals surface area (Å²) in [4.78, 5) is 54.0. The fourth-order valence-electron chi connectivity index (χ4n) is 4.53. The van der Waals surface area contributed by atoms with Crippen molar-refractivity contribution in [2.75, 3.05) is 5.32 Å². The van der Waals surface area contributed by atoms with Crippen molar-refractivity contribution in [3.63, 3.8) is 0 Å². The molecule has 3 rings (SSSR count). The number of benzene rings is 2. The van der Waals surface area contributed by atoms with Crippen molar-refractivity contribution in [2.24, 2.45) is 5.73 Å². The van der Waals surface area contributed by atoms with Gasteiger partial charge in [-0.3, -0.25) is 14.4 Å². The number of amides is 4. The number of ether oxygens (including phenoxy) is 1.